The van der Waals surface area contributed by atoms with Gasteiger partial charge >= 0.3 is 0 Å². The highest BCUT2D eigenvalue weighted by Gasteiger charge is 2.18. The number of rotatable bonds is 2. The zero-order chi connectivity index (χ0) is 9.19. The van der Waals surface area contributed by atoms with Crippen LogP contribution in [-0.4, -0.2) is 7.11 Å². The lowest BCUT2D eigenvalue weighted by molar-refractivity contribution is 0.0192. The number of methoxy groups -OCH3 is 1. The van der Waals surface area contributed by atoms with Gasteiger partial charge in [0.1, 0.15) is 0 Å². The Balaban J connectivity index is 3.03. The molecule has 1 heteroatoms. The molecular formula is C11H16O. The molecule has 1 rings (SSSR count). The molecule has 66 valence electrons. The fraction of sp³-hybridized carbons (Fsp3) is 0.455. The van der Waals surface area contributed by atoms with Crippen LogP contribution in [0.5, 0.6) is 0 Å². The summed E-state index contributed by atoms with van der Waals surface area (Å²) in [6.45, 7) is 6.23. The predicted octanol–water partition coefficient (Wildman–Crippen LogP) is 2.88. The van der Waals surface area contributed by atoms with Crippen molar-refractivity contribution >= 4 is 0 Å². The zero-order valence-electron chi connectivity index (χ0n) is 8.22. The first-order valence-electron chi connectivity index (χ1n) is 4.18. The van der Waals surface area contributed by atoms with Gasteiger partial charge in [-0.2, -0.15) is 0 Å². The summed E-state index contributed by atoms with van der Waals surface area (Å²) in [6.07, 6.45) is 0. The van der Waals surface area contributed by atoms with Gasteiger partial charge in [0, 0.05) is 7.11 Å². The van der Waals surface area contributed by atoms with Crippen molar-refractivity contribution in [3.8, 4) is 0 Å². The molecule has 0 atom stereocenters. The lowest BCUT2D eigenvalue weighted by Gasteiger charge is -2.23. The second kappa shape index (κ2) is 3.28. The number of hydrogen-bond acceptors (Lipinski definition) is 1. The molecule has 0 fully saturated rings. The molecule has 0 spiro atoms. The summed E-state index contributed by atoms with van der Waals surface area (Å²) < 4.78 is 5.38. The van der Waals surface area contributed by atoms with Crippen LogP contribution in [0.1, 0.15) is 25.0 Å². The van der Waals surface area contributed by atoms with E-state index >= 15 is 0 Å². The van der Waals surface area contributed by atoms with Crippen molar-refractivity contribution in [1.29, 1.82) is 0 Å². The van der Waals surface area contributed by atoms with E-state index in [1.807, 2.05) is 0 Å². The summed E-state index contributed by atoms with van der Waals surface area (Å²) in [5.41, 5.74) is 2.33. The van der Waals surface area contributed by atoms with Gasteiger partial charge in [0.2, 0.25) is 0 Å². The highest BCUT2D eigenvalue weighted by molar-refractivity contribution is 5.26. The van der Waals surface area contributed by atoms with Crippen molar-refractivity contribution in [2.45, 2.75) is 26.4 Å². The Morgan fingerprint density at radius 1 is 1.25 bits per heavy atom. The quantitative estimate of drug-likeness (QED) is 0.653. The first kappa shape index (κ1) is 9.27. The lowest BCUT2D eigenvalue weighted by atomic mass is 9.97. The highest BCUT2D eigenvalue weighted by Crippen LogP contribution is 2.23. The van der Waals surface area contributed by atoms with E-state index < -0.39 is 0 Å². The Labute approximate surface area is 74.4 Å². The molecule has 0 aromatic heterocycles. The van der Waals surface area contributed by atoms with Crippen molar-refractivity contribution in [3.63, 3.8) is 0 Å². The van der Waals surface area contributed by atoms with Crippen molar-refractivity contribution in [1.82, 2.24) is 0 Å². The van der Waals surface area contributed by atoms with Crippen LogP contribution in [-0.2, 0) is 10.3 Å². The molecule has 12 heavy (non-hydrogen) atoms. The maximum atomic E-state index is 5.38. The average molecular weight is 164 g/mol. The van der Waals surface area contributed by atoms with Gasteiger partial charge in [-0.05, 0) is 26.3 Å². The van der Waals surface area contributed by atoms with Gasteiger partial charge in [-0.15, -0.1) is 0 Å². The van der Waals surface area contributed by atoms with E-state index in [0.717, 1.165) is 0 Å². The van der Waals surface area contributed by atoms with Crippen LogP contribution in [0.4, 0.5) is 0 Å². The second-order valence-corrected chi connectivity index (χ2v) is 3.58. The monoisotopic (exact) mass is 164 g/mol. The molecule has 0 N–H and O–H groups in total. The van der Waals surface area contributed by atoms with Crippen LogP contribution in [0.2, 0.25) is 0 Å². The average Bonchev–Trinajstić information content (AvgIpc) is 2.05. The van der Waals surface area contributed by atoms with Gasteiger partial charge in [-0.25, -0.2) is 0 Å². The minimum Gasteiger partial charge on any atom is -0.374 e. The Morgan fingerprint density at radius 2 is 1.92 bits per heavy atom. The topological polar surface area (TPSA) is 9.23 Å². The van der Waals surface area contributed by atoms with E-state index in [1.54, 1.807) is 7.11 Å². The van der Waals surface area contributed by atoms with Crippen LogP contribution in [0, 0.1) is 6.92 Å². The molecule has 0 bridgehead atoms. The van der Waals surface area contributed by atoms with Crippen LogP contribution in [0.15, 0.2) is 24.3 Å². The summed E-state index contributed by atoms with van der Waals surface area (Å²) in [7, 11) is 1.74. The van der Waals surface area contributed by atoms with E-state index in [0.29, 0.717) is 0 Å². The molecule has 0 saturated carbocycles. The molecular weight excluding hydrogens is 148 g/mol. The second-order valence-electron chi connectivity index (χ2n) is 3.58. The Kier molecular flexibility index (Phi) is 2.53. The summed E-state index contributed by atoms with van der Waals surface area (Å²) in [6, 6.07) is 8.40. The van der Waals surface area contributed by atoms with E-state index in [-0.39, 0.29) is 5.60 Å². The molecule has 1 aromatic carbocycles. The number of benzene rings is 1. The zero-order valence-corrected chi connectivity index (χ0v) is 8.22. The molecule has 0 unspecified atom stereocenters. The summed E-state index contributed by atoms with van der Waals surface area (Å²) in [5, 5.41) is 0. The smallest absolute Gasteiger partial charge is 0.0871 e. The molecule has 0 aliphatic rings. The summed E-state index contributed by atoms with van der Waals surface area (Å²) in [4.78, 5) is 0. The van der Waals surface area contributed by atoms with Crippen LogP contribution >= 0.6 is 0 Å². The highest BCUT2D eigenvalue weighted by atomic mass is 16.5. The maximum Gasteiger partial charge on any atom is 0.0871 e. The number of aryl methyl sites for hydroxylation is 1. The van der Waals surface area contributed by atoms with E-state index in [4.69, 9.17) is 4.74 Å². The first-order valence-corrected chi connectivity index (χ1v) is 4.18. The number of hydrogen-bond donors (Lipinski definition) is 0. The Bertz CT molecular complexity index is 263. The van der Waals surface area contributed by atoms with Crippen LogP contribution < -0.4 is 0 Å². The molecule has 0 radical (unpaired) electrons. The third kappa shape index (κ3) is 1.86. The Hall–Kier alpha value is -0.820. The summed E-state index contributed by atoms with van der Waals surface area (Å²) >= 11 is 0. The minimum absolute atomic E-state index is 0.175. The van der Waals surface area contributed by atoms with E-state index in [2.05, 4.69) is 45.0 Å². The van der Waals surface area contributed by atoms with E-state index in [1.165, 1.54) is 11.1 Å². The van der Waals surface area contributed by atoms with E-state index in [9.17, 15) is 0 Å². The van der Waals surface area contributed by atoms with Gasteiger partial charge in [0.15, 0.2) is 0 Å². The number of ether oxygens (including phenoxy) is 1. The molecule has 0 amide bonds. The largest absolute Gasteiger partial charge is 0.374 e. The van der Waals surface area contributed by atoms with Gasteiger partial charge in [0.05, 0.1) is 5.60 Å². The SMILES string of the molecule is COC(C)(C)c1cccc(C)c1. The first-order chi connectivity index (χ1) is 5.56. The molecule has 1 nitrogen and oxygen atoms in total. The maximum absolute atomic E-state index is 5.38. The van der Waals surface area contributed by atoms with Gasteiger partial charge in [-0.3, -0.25) is 0 Å². The summed E-state index contributed by atoms with van der Waals surface area (Å²) in [5.74, 6) is 0. The van der Waals surface area contributed by atoms with Crippen LogP contribution in [0.25, 0.3) is 0 Å². The minimum atomic E-state index is -0.175. The standard InChI is InChI=1S/C11H16O/c1-9-6-5-7-10(8-9)11(2,3)12-4/h5-8H,1-4H3. The molecule has 0 heterocycles. The Morgan fingerprint density at radius 3 is 2.42 bits per heavy atom. The molecule has 0 saturated heterocycles. The lowest BCUT2D eigenvalue weighted by Crippen LogP contribution is -2.19. The van der Waals surface area contributed by atoms with Crippen molar-refractivity contribution in [2.24, 2.45) is 0 Å². The predicted molar refractivity (Wildman–Crippen MR) is 51.2 cm³/mol. The third-order valence-electron chi connectivity index (χ3n) is 2.22. The van der Waals surface area contributed by atoms with Gasteiger partial charge in [0.25, 0.3) is 0 Å². The van der Waals surface area contributed by atoms with Gasteiger partial charge < -0.3 is 4.74 Å². The van der Waals surface area contributed by atoms with Gasteiger partial charge in [-0.1, -0.05) is 29.8 Å². The fourth-order valence-corrected chi connectivity index (χ4v) is 1.14. The molecule has 0 aliphatic heterocycles. The van der Waals surface area contributed by atoms with Crippen LogP contribution in [0.3, 0.4) is 0 Å². The van der Waals surface area contributed by atoms with Crippen molar-refractivity contribution < 1.29 is 4.74 Å². The van der Waals surface area contributed by atoms with Crippen molar-refractivity contribution in [2.75, 3.05) is 7.11 Å². The molecule has 1 aromatic rings. The fourth-order valence-electron chi connectivity index (χ4n) is 1.14. The normalized spacial score (nSPS) is 11.7. The third-order valence-corrected chi connectivity index (χ3v) is 2.22. The molecule has 0 aliphatic carbocycles. The van der Waals surface area contributed by atoms with Crippen molar-refractivity contribution in [3.05, 3.63) is 35.4 Å².